The van der Waals surface area contributed by atoms with Crippen LogP contribution in [0.5, 0.6) is 0 Å². The van der Waals surface area contributed by atoms with Gasteiger partial charge in [0.25, 0.3) is 0 Å². The largest absolute Gasteiger partial charge is 0.311 e. The fourth-order valence-electron chi connectivity index (χ4n) is 17.2. The van der Waals surface area contributed by atoms with Crippen LogP contribution in [0.4, 0.5) is 34.1 Å². The molecule has 0 unspecified atom stereocenters. The van der Waals surface area contributed by atoms with Gasteiger partial charge in [-0.15, -0.1) is 0 Å². The standard InChI is InChI=1S/C25H19N.3C19H15N.2C19H17N/c1-18-11-14-21(15-12-18)26-24-10-6-5-9-22(24)23-17-20(13-16-25(23)26)19-7-3-2-4-8-19;1-14-7-6-8-15(13-14)20-18-11-4-2-9-16(18)17-10-3-5-12-19(17)20;1-14-10-12-15(13-11-14)20-18-8-4-2-6-16(18)17-7-3-5-9-19(17)20;1-14-11-12-19-17(13-14)16-9-5-6-10-18(16)20(19)15-7-3-2-4-8-15;1-16-9-8-14-19(15-16)20(17-10-4-2-5-11-17)18-12-6-3-7-13-18;1-16-12-14-19(15-13-16)20(17-8-4-2-5-9-17)18-10-6-3-7-11-18/h2-17H,1H3;3*2-13H,1H3;2*2-15H,1H3. The number of hydrogen-bond donors (Lipinski definition) is 0. The molecular formula is C120H98N6. The van der Waals surface area contributed by atoms with Gasteiger partial charge in [0.1, 0.15) is 0 Å². The molecule has 0 amide bonds. The highest BCUT2D eigenvalue weighted by atomic mass is 15.1. The van der Waals surface area contributed by atoms with Crippen molar-refractivity contribution in [3.63, 3.8) is 0 Å². The minimum atomic E-state index is 1.17. The third-order valence-electron chi connectivity index (χ3n) is 23.2. The Bertz CT molecular complexity index is 7420. The van der Waals surface area contributed by atoms with Crippen molar-refractivity contribution in [1.82, 2.24) is 18.3 Å². The van der Waals surface area contributed by atoms with Crippen LogP contribution in [0.25, 0.3) is 121 Å². The highest BCUT2D eigenvalue weighted by Crippen LogP contribution is 2.41. The number of nitrogens with zero attached hydrogens (tertiary/aromatic N) is 6. The summed E-state index contributed by atoms with van der Waals surface area (Å²) in [4.78, 5) is 4.53. The van der Waals surface area contributed by atoms with Crippen LogP contribution in [0.3, 0.4) is 0 Å². The van der Waals surface area contributed by atoms with Crippen LogP contribution >= 0.6 is 0 Å². The Morgan fingerprint density at radius 3 is 0.762 bits per heavy atom. The number of benzene rings is 19. The molecule has 126 heavy (non-hydrogen) atoms. The van der Waals surface area contributed by atoms with Crippen molar-refractivity contribution in [3.05, 3.63) is 519 Å². The molecule has 608 valence electrons. The molecule has 0 saturated heterocycles. The highest BCUT2D eigenvalue weighted by molar-refractivity contribution is 6.13. The molecule has 0 aliphatic rings. The van der Waals surface area contributed by atoms with Crippen molar-refractivity contribution in [2.24, 2.45) is 0 Å². The van der Waals surface area contributed by atoms with Crippen molar-refractivity contribution < 1.29 is 0 Å². The van der Waals surface area contributed by atoms with Crippen LogP contribution < -0.4 is 9.80 Å². The van der Waals surface area contributed by atoms with Crippen molar-refractivity contribution in [2.75, 3.05) is 9.80 Å². The van der Waals surface area contributed by atoms with E-state index in [1.165, 1.54) is 189 Å². The predicted molar refractivity (Wildman–Crippen MR) is 539 cm³/mol. The maximum atomic E-state index is 2.36. The van der Waals surface area contributed by atoms with E-state index in [1.807, 2.05) is 24.3 Å². The molecule has 0 atom stereocenters. The number of rotatable bonds is 11. The number of anilines is 6. The van der Waals surface area contributed by atoms with Crippen molar-refractivity contribution >= 4 is 121 Å². The second-order valence-electron chi connectivity index (χ2n) is 32.1. The van der Waals surface area contributed by atoms with E-state index >= 15 is 0 Å². The lowest BCUT2D eigenvalue weighted by Gasteiger charge is -2.25. The van der Waals surface area contributed by atoms with Crippen LogP contribution in [-0.2, 0) is 0 Å². The molecule has 0 radical (unpaired) electrons. The maximum Gasteiger partial charge on any atom is 0.0541 e. The lowest BCUT2D eigenvalue weighted by molar-refractivity contribution is 1.17. The van der Waals surface area contributed by atoms with E-state index in [-0.39, 0.29) is 0 Å². The van der Waals surface area contributed by atoms with Gasteiger partial charge in [0.05, 0.1) is 44.1 Å². The Hall–Kier alpha value is -16.0. The lowest BCUT2D eigenvalue weighted by atomic mass is 10.0. The van der Waals surface area contributed by atoms with Crippen LogP contribution in [0, 0.1) is 41.5 Å². The predicted octanol–water partition coefficient (Wildman–Crippen LogP) is 33.0. The molecule has 6 nitrogen and oxygen atoms in total. The average Bonchev–Trinajstić information content (AvgIpc) is 1.57. The first-order chi connectivity index (χ1) is 62.0. The molecule has 0 bridgehead atoms. The van der Waals surface area contributed by atoms with Crippen LogP contribution in [0.1, 0.15) is 33.4 Å². The summed E-state index contributed by atoms with van der Waals surface area (Å²) in [5.74, 6) is 0. The summed E-state index contributed by atoms with van der Waals surface area (Å²) in [6.07, 6.45) is 0. The molecule has 0 fully saturated rings. The van der Waals surface area contributed by atoms with Gasteiger partial charge in [0.2, 0.25) is 0 Å². The van der Waals surface area contributed by atoms with Gasteiger partial charge >= 0.3 is 0 Å². The maximum absolute atomic E-state index is 2.36. The second kappa shape index (κ2) is 37.5. The Morgan fingerprint density at radius 2 is 0.381 bits per heavy atom. The molecule has 19 aromatic carbocycles. The first kappa shape index (κ1) is 81.0. The summed E-state index contributed by atoms with van der Waals surface area (Å²) >= 11 is 0. The Kier molecular flexibility index (Phi) is 24.1. The van der Waals surface area contributed by atoms with Gasteiger partial charge in [0, 0.05) is 100.0 Å². The monoisotopic (exact) mass is 1620 g/mol. The Labute approximate surface area is 738 Å². The molecule has 4 aromatic heterocycles. The molecule has 6 heteroatoms. The zero-order valence-corrected chi connectivity index (χ0v) is 71.9. The molecule has 0 aliphatic heterocycles. The topological polar surface area (TPSA) is 26.2 Å². The van der Waals surface area contributed by atoms with Crippen molar-refractivity contribution in [3.8, 4) is 33.9 Å². The van der Waals surface area contributed by atoms with Gasteiger partial charge in [0.15, 0.2) is 0 Å². The second-order valence-corrected chi connectivity index (χ2v) is 32.1. The SMILES string of the molecule is Cc1ccc(-n2c3ccccc3c3cc(-c4ccccc4)ccc32)cc1.Cc1ccc(-n2c3ccccc3c3ccccc32)cc1.Cc1ccc(N(c2ccccc2)c2ccccc2)cc1.Cc1ccc2c(c1)c1ccccc1n2-c1ccccc1.Cc1cccc(-n2c3ccccc3c3ccccc32)c1.Cc1cccc(N(c2ccccc2)c2ccccc2)c1. The lowest BCUT2D eigenvalue weighted by Crippen LogP contribution is -2.09. The van der Waals surface area contributed by atoms with Gasteiger partial charge in [-0.05, 0) is 246 Å². The van der Waals surface area contributed by atoms with E-state index in [1.54, 1.807) is 0 Å². The zero-order chi connectivity index (χ0) is 85.7. The summed E-state index contributed by atoms with van der Waals surface area (Å²) in [5, 5.41) is 10.5. The first-order valence-corrected chi connectivity index (χ1v) is 43.3. The molecule has 0 spiro atoms. The third-order valence-corrected chi connectivity index (χ3v) is 23.2. The smallest absolute Gasteiger partial charge is 0.0541 e. The zero-order valence-electron chi connectivity index (χ0n) is 71.9. The summed E-state index contributed by atoms with van der Waals surface area (Å²) in [6, 6.07) is 171. The molecule has 0 N–H and O–H groups in total. The van der Waals surface area contributed by atoms with E-state index in [0.717, 1.165) is 0 Å². The Balaban J connectivity index is 0.000000103. The van der Waals surface area contributed by atoms with Gasteiger partial charge in [-0.3, -0.25) is 0 Å². The molecule has 4 heterocycles. The van der Waals surface area contributed by atoms with E-state index in [4.69, 9.17) is 0 Å². The quantitative estimate of drug-likeness (QED) is 0.129. The third kappa shape index (κ3) is 17.5. The number of aromatic nitrogens is 4. The van der Waals surface area contributed by atoms with Crippen molar-refractivity contribution in [2.45, 2.75) is 41.5 Å². The van der Waals surface area contributed by atoms with Crippen LogP contribution in [0.2, 0.25) is 0 Å². The van der Waals surface area contributed by atoms with Gasteiger partial charge in [-0.25, -0.2) is 0 Å². The summed E-state index contributed by atoms with van der Waals surface area (Å²) < 4.78 is 9.38. The number of fused-ring (bicyclic) bond motifs is 12. The minimum absolute atomic E-state index is 1.17. The molecular weight excluding hydrogens is 1530 g/mol. The summed E-state index contributed by atoms with van der Waals surface area (Å²) in [6.45, 7) is 12.8. The van der Waals surface area contributed by atoms with Gasteiger partial charge in [-0.1, -0.05) is 326 Å². The van der Waals surface area contributed by atoms with E-state index in [0.29, 0.717) is 0 Å². The molecule has 23 rings (SSSR count). The molecule has 0 saturated carbocycles. The fraction of sp³-hybridized carbons (Fsp3) is 0.0500. The summed E-state index contributed by atoms with van der Waals surface area (Å²) in [5.41, 5.74) is 32.2. The number of aryl methyl sites for hydroxylation is 6. The highest BCUT2D eigenvalue weighted by Gasteiger charge is 2.19. The van der Waals surface area contributed by atoms with Crippen LogP contribution in [0.15, 0.2) is 485 Å². The molecule has 23 aromatic rings. The molecule has 0 aliphatic carbocycles. The first-order valence-electron chi connectivity index (χ1n) is 43.3. The normalized spacial score (nSPS) is 10.9. The fourth-order valence-corrected chi connectivity index (χ4v) is 17.2. The van der Waals surface area contributed by atoms with Gasteiger partial charge in [-0.2, -0.15) is 0 Å². The van der Waals surface area contributed by atoms with E-state index < -0.39 is 0 Å². The summed E-state index contributed by atoms with van der Waals surface area (Å²) in [7, 11) is 0. The number of para-hydroxylation sites is 11. The van der Waals surface area contributed by atoms with Crippen molar-refractivity contribution in [1.29, 1.82) is 0 Å². The minimum Gasteiger partial charge on any atom is -0.311 e. The average molecular weight is 1620 g/mol. The van der Waals surface area contributed by atoms with Gasteiger partial charge < -0.3 is 28.1 Å². The van der Waals surface area contributed by atoms with Crippen LogP contribution in [-0.4, -0.2) is 18.3 Å². The Morgan fingerprint density at radius 1 is 0.135 bits per heavy atom. The van der Waals surface area contributed by atoms with E-state index in [2.05, 4.69) is 531 Å². The van der Waals surface area contributed by atoms with E-state index in [9.17, 15) is 0 Å². The number of hydrogen-bond acceptors (Lipinski definition) is 2.